The topological polar surface area (TPSA) is 132 Å². The van der Waals surface area contributed by atoms with E-state index in [0.29, 0.717) is 28.3 Å². The number of ether oxygens (including phenoxy) is 1. The minimum atomic E-state index is -0.250. The average Bonchev–Trinajstić information content (AvgIpc) is 3.16. The molecule has 0 aliphatic rings. The predicted octanol–water partition coefficient (Wildman–Crippen LogP) is 2.39. The summed E-state index contributed by atoms with van der Waals surface area (Å²) in [6.45, 7) is -0.250. The number of nitrogens with one attached hydrogen (secondary N) is 1. The summed E-state index contributed by atoms with van der Waals surface area (Å²) in [7, 11) is 3.34. The van der Waals surface area contributed by atoms with E-state index in [1.165, 1.54) is 7.11 Å². The number of carbonyl (C=O) groups is 2. The number of fused-ring (bicyclic) bond motifs is 1. The standard InChI is InChI=1S/C19H16N6O2.CH2O2/c1-25-16-8-4-7-15(18(16)23-24-25)20-19(26)13-6-3-5-12(11-13)14-9-10-17(27-2)22-21-14;2-1-3/h3-11H,1-2H3,(H,20,26);1H,(H,2,3). The lowest BCUT2D eigenvalue weighted by Crippen LogP contribution is -2.12. The van der Waals surface area contributed by atoms with E-state index in [1.807, 2.05) is 18.2 Å². The number of anilines is 1. The van der Waals surface area contributed by atoms with E-state index in [4.69, 9.17) is 14.6 Å². The maximum Gasteiger partial charge on any atom is 0.290 e. The van der Waals surface area contributed by atoms with Gasteiger partial charge in [0.15, 0.2) is 0 Å². The van der Waals surface area contributed by atoms with Gasteiger partial charge in [0.05, 0.1) is 24.0 Å². The summed E-state index contributed by atoms with van der Waals surface area (Å²) in [4.78, 5) is 21.1. The monoisotopic (exact) mass is 406 g/mol. The molecule has 2 N–H and O–H groups in total. The first kappa shape index (κ1) is 20.4. The Morgan fingerprint density at radius 3 is 2.57 bits per heavy atom. The maximum absolute atomic E-state index is 12.7. The van der Waals surface area contributed by atoms with E-state index in [1.54, 1.807) is 48.1 Å². The number of amides is 1. The van der Waals surface area contributed by atoms with Gasteiger partial charge in [-0.05, 0) is 30.3 Å². The molecule has 0 saturated heterocycles. The molecule has 2 aromatic carbocycles. The van der Waals surface area contributed by atoms with Crippen molar-refractivity contribution in [2.75, 3.05) is 12.4 Å². The summed E-state index contributed by atoms with van der Waals surface area (Å²) >= 11 is 0. The van der Waals surface area contributed by atoms with Crippen molar-refractivity contribution >= 4 is 29.1 Å². The fourth-order valence-electron chi connectivity index (χ4n) is 2.76. The number of hydrogen-bond donors (Lipinski definition) is 2. The molecule has 0 bridgehead atoms. The van der Waals surface area contributed by atoms with Gasteiger partial charge < -0.3 is 15.2 Å². The molecule has 0 atom stereocenters. The smallest absolute Gasteiger partial charge is 0.290 e. The Morgan fingerprint density at radius 2 is 1.87 bits per heavy atom. The van der Waals surface area contributed by atoms with Crippen molar-refractivity contribution in [3.8, 4) is 17.1 Å². The Kier molecular flexibility index (Phi) is 6.28. The van der Waals surface area contributed by atoms with E-state index in [-0.39, 0.29) is 12.4 Å². The number of methoxy groups -OCH3 is 1. The summed E-state index contributed by atoms with van der Waals surface area (Å²) in [5.74, 6) is 0.196. The van der Waals surface area contributed by atoms with Gasteiger partial charge in [-0.25, -0.2) is 4.68 Å². The summed E-state index contributed by atoms with van der Waals surface area (Å²) in [6, 6.07) is 16.3. The number of carboxylic acid groups (broad SMARTS) is 1. The number of nitrogens with zero attached hydrogens (tertiary/aromatic N) is 5. The molecule has 0 aliphatic carbocycles. The minimum Gasteiger partial charge on any atom is -0.483 e. The third kappa shape index (κ3) is 4.38. The summed E-state index contributed by atoms with van der Waals surface area (Å²) in [5.41, 5.74) is 4.05. The fraction of sp³-hybridized carbons (Fsp3) is 0.100. The van der Waals surface area contributed by atoms with Crippen LogP contribution in [0.5, 0.6) is 5.88 Å². The van der Waals surface area contributed by atoms with Gasteiger partial charge in [-0.2, -0.15) is 0 Å². The molecule has 30 heavy (non-hydrogen) atoms. The molecule has 0 radical (unpaired) electrons. The number of aromatic nitrogens is 5. The molecular weight excluding hydrogens is 388 g/mol. The Morgan fingerprint density at radius 1 is 1.10 bits per heavy atom. The van der Waals surface area contributed by atoms with E-state index < -0.39 is 0 Å². The van der Waals surface area contributed by atoms with E-state index in [9.17, 15) is 4.79 Å². The highest BCUT2D eigenvalue weighted by atomic mass is 16.5. The first-order chi connectivity index (χ1) is 14.6. The molecule has 2 aromatic heterocycles. The molecule has 0 spiro atoms. The van der Waals surface area contributed by atoms with E-state index >= 15 is 0 Å². The van der Waals surface area contributed by atoms with Crippen molar-refractivity contribution in [2.45, 2.75) is 0 Å². The highest BCUT2D eigenvalue weighted by Gasteiger charge is 2.12. The lowest BCUT2D eigenvalue weighted by Gasteiger charge is -2.07. The van der Waals surface area contributed by atoms with Crippen LogP contribution in [0, 0.1) is 0 Å². The second-order valence-electron chi connectivity index (χ2n) is 5.99. The van der Waals surface area contributed by atoms with Gasteiger partial charge in [0.2, 0.25) is 5.88 Å². The molecule has 0 aliphatic heterocycles. The van der Waals surface area contributed by atoms with Crippen molar-refractivity contribution in [1.29, 1.82) is 0 Å². The Bertz CT molecular complexity index is 1170. The van der Waals surface area contributed by atoms with Crippen LogP contribution in [0.4, 0.5) is 5.69 Å². The number of rotatable bonds is 4. The van der Waals surface area contributed by atoms with Crippen LogP contribution in [0.15, 0.2) is 54.6 Å². The molecule has 0 unspecified atom stereocenters. The van der Waals surface area contributed by atoms with Crippen LogP contribution in [-0.2, 0) is 11.8 Å². The molecule has 152 valence electrons. The molecule has 2 heterocycles. The zero-order valence-corrected chi connectivity index (χ0v) is 16.2. The molecule has 0 saturated carbocycles. The molecule has 10 nitrogen and oxygen atoms in total. The second kappa shape index (κ2) is 9.24. The van der Waals surface area contributed by atoms with Gasteiger partial charge in [-0.3, -0.25) is 9.59 Å². The number of aryl methyl sites for hydroxylation is 1. The van der Waals surface area contributed by atoms with Crippen molar-refractivity contribution in [1.82, 2.24) is 25.2 Å². The third-order valence-corrected chi connectivity index (χ3v) is 4.16. The molecule has 4 rings (SSSR count). The second-order valence-corrected chi connectivity index (χ2v) is 5.99. The van der Waals surface area contributed by atoms with Crippen LogP contribution in [0.2, 0.25) is 0 Å². The van der Waals surface area contributed by atoms with Crippen molar-refractivity contribution in [2.24, 2.45) is 7.05 Å². The highest BCUT2D eigenvalue weighted by Crippen LogP contribution is 2.23. The third-order valence-electron chi connectivity index (χ3n) is 4.16. The van der Waals surface area contributed by atoms with E-state index in [0.717, 1.165) is 11.1 Å². The van der Waals surface area contributed by atoms with Crippen LogP contribution >= 0.6 is 0 Å². The normalized spacial score (nSPS) is 10.1. The van der Waals surface area contributed by atoms with Crippen molar-refractivity contribution in [3.63, 3.8) is 0 Å². The SMILES string of the molecule is COc1ccc(-c2cccc(C(=O)Nc3cccc4c3nnn4C)c2)nn1.O=CO. The first-order valence-corrected chi connectivity index (χ1v) is 8.73. The lowest BCUT2D eigenvalue weighted by atomic mass is 10.1. The van der Waals surface area contributed by atoms with Crippen molar-refractivity contribution in [3.05, 3.63) is 60.2 Å². The molecule has 0 fully saturated rings. The quantitative estimate of drug-likeness (QED) is 0.494. The number of benzene rings is 2. The fourth-order valence-corrected chi connectivity index (χ4v) is 2.76. The maximum atomic E-state index is 12.7. The van der Waals surface area contributed by atoms with Gasteiger partial charge in [-0.15, -0.1) is 15.3 Å². The number of hydrogen-bond acceptors (Lipinski definition) is 7. The Labute approximate surface area is 171 Å². The van der Waals surface area contributed by atoms with Crippen molar-refractivity contribution < 1.29 is 19.4 Å². The Hall–Kier alpha value is -4.34. The molecule has 1 amide bonds. The summed E-state index contributed by atoms with van der Waals surface area (Å²) in [5, 5.41) is 26.0. The van der Waals surface area contributed by atoms with Crippen LogP contribution in [0.25, 0.3) is 22.3 Å². The average molecular weight is 406 g/mol. The lowest BCUT2D eigenvalue weighted by molar-refractivity contribution is -0.122. The van der Waals surface area contributed by atoms with Crippen LogP contribution < -0.4 is 10.1 Å². The first-order valence-electron chi connectivity index (χ1n) is 8.73. The van der Waals surface area contributed by atoms with Gasteiger partial charge in [-0.1, -0.05) is 23.4 Å². The predicted molar refractivity (Wildman–Crippen MR) is 109 cm³/mol. The summed E-state index contributed by atoms with van der Waals surface area (Å²) in [6.07, 6.45) is 0. The molecule has 10 heteroatoms. The minimum absolute atomic E-state index is 0.239. The van der Waals surface area contributed by atoms with Crippen LogP contribution in [0.1, 0.15) is 10.4 Å². The van der Waals surface area contributed by atoms with E-state index in [2.05, 4.69) is 25.8 Å². The van der Waals surface area contributed by atoms with Gasteiger partial charge in [0.1, 0.15) is 5.52 Å². The van der Waals surface area contributed by atoms with Gasteiger partial charge in [0, 0.05) is 24.2 Å². The largest absolute Gasteiger partial charge is 0.483 e. The highest BCUT2D eigenvalue weighted by molar-refractivity contribution is 6.08. The number of carbonyl (C=O) groups excluding carboxylic acids is 1. The molecule has 4 aromatic rings. The Balaban J connectivity index is 0.000000806. The zero-order valence-electron chi connectivity index (χ0n) is 16.2. The van der Waals surface area contributed by atoms with Gasteiger partial charge >= 0.3 is 0 Å². The van der Waals surface area contributed by atoms with Crippen LogP contribution in [-0.4, -0.2) is 49.8 Å². The van der Waals surface area contributed by atoms with Crippen LogP contribution in [0.3, 0.4) is 0 Å². The molecular formula is C20H18N6O4. The van der Waals surface area contributed by atoms with Gasteiger partial charge in [0.25, 0.3) is 12.4 Å². The zero-order chi connectivity index (χ0) is 21.5. The summed E-state index contributed by atoms with van der Waals surface area (Å²) < 4.78 is 6.68.